The molecule has 0 fully saturated rings. The van der Waals surface area contributed by atoms with E-state index in [1.165, 1.54) is 7.11 Å². The lowest BCUT2D eigenvalue weighted by Crippen LogP contribution is -2.37. The molecule has 0 aliphatic rings. The number of rotatable bonds is 7. The number of nitrogens with one attached hydrogen (secondary N) is 1. The van der Waals surface area contributed by atoms with Gasteiger partial charge < -0.3 is 15.2 Å². The summed E-state index contributed by atoms with van der Waals surface area (Å²) in [5.74, 6) is 0.0796. The molecule has 0 aromatic heterocycles. The molecule has 1 unspecified atom stereocenters. The molecule has 16 heavy (non-hydrogen) atoms. The van der Waals surface area contributed by atoms with Gasteiger partial charge in [-0.05, 0) is 12.3 Å². The standard InChI is InChI=1S/C12H23NO3/c1-5-10(12(15)16-4)6-7-13-11(8-14)9(2)3/h6,9,11,13-14H,5,7-8H2,1-4H3. The van der Waals surface area contributed by atoms with Gasteiger partial charge in [0.05, 0.1) is 13.7 Å². The van der Waals surface area contributed by atoms with Crippen LogP contribution in [-0.2, 0) is 9.53 Å². The van der Waals surface area contributed by atoms with E-state index in [-0.39, 0.29) is 18.6 Å². The number of carbonyl (C=O) groups excluding carboxylic acids is 1. The van der Waals surface area contributed by atoms with Crippen LogP contribution in [0.1, 0.15) is 27.2 Å². The highest BCUT2D eigenvalue weighted by molar-refractivity contribution is 5.88. The second kappa shape index (κ2) is 8.30. The quantitative estimate of drug-likeness (QED) is 0.507. The first-order valence-corrected chi connectivity index (χ1v) is 5.68. The van der Waals surface area contributed by atoms with Crippen LogP contribution in [-0.4, -0.2) is 37.4 Å². The van der Waals surface area contributed by atoms with E-state index in [0.29, 0.717) is 24.5 Å². The monoisotopic (exact) mass is 229 g/mol. The topological polar surface area (TPSA) is 58.6 Å². The molecule has 4 heteroatoms. The van der Waals surface area contributed by atoms with Gasteiger partial charge in [0.25, 0.3) is 0 Å². The van der Waals surface area contributed by atoms with Gasteiger partial charge >= 0.3 is 5.97 Å². The lowest BCUT2D eigenvalue weighted by atomic mass is 10.1. The normalized spacial score (nSPS) is 14.0. The smallest absolute Gasteiger partial charge is 0.333 e. The molecule has 94 valence electrons. The van der Waals surface area contributed by atoms with Gasteiger partial charge in [-0.1, -0.05) is 26.8 Å². The van der Waals surface area contributed by atoms with E-state index in [1.54, 1.807) is 0 Å². The average molecular weight is 229 g/mol. The van der Waals surface area contributed by atoms with Crippen LogP contribution in [0.5, 0.6) is 0 Å². The molecule has 0 saturated carbocycles. The number of aliphatic hydroxyl groups excluding tert-OH is 1. The highest BCUT2D eigenvalue weighted by atomic mass is 16.5. The molecular formula is C12H23NO3. The van der Waals surface area contributed by atoms with E-state index in [4.69, 9.17) is 5.11 Å². The van der Waals surface area contributed by atoms with Gasteiger partial charge in [-0.25, -0.2) is 4.79 Å². The highest BCUT2D eigenvalue weighted by Gasteiger charge is 2.11. The summed E-state index contributed by atoms with van der Waals surface area (Å²) in [6.07, 6.45) is 2.47. The van der Waals surface area contributed by atoms with E-state index in [2.05, 4.69) is 10.1 Å². The molecule has 2 N–H and O–H groups in total. The first-order chi connectivity index (χ1) is 7.56. The van der Waals surface area contributed by atoms with Gasteiger partial charge in [-0.15, -0.1) is 0 Å². The summed E-state index contributed by atoms with van der Waals surface area (Å²) in [7, 11) is 1.38. The van der Waals surface area contributed by atoms with Crippen molar-refractivity contribution in [1.29, 1.82) is 0 Å². The van der Waals surface area contributed by atoms with E-state index >= 15 is 0 Å². The second-order valence-electron chi connectivity index (χ2n) is 4.02. The fraction of sp³-hybridized carbons (Fsp3) is 0.750. The fourth-order valence-corrected chi connectivity index (χ4v) is 1.35. The van der Waals surface area contributed by atoms with Crippen molar-refractivity contribution in [2.24, 2.45) is 5.92 Å². The van der Waals surface area contributed by atoms with Gasteiger partial charge in [0, 0.05) is 18.2 Å². The van der Waals surface area contributed by atoms with Gasteiger partial charge in [-0.3, -0.25) is 0 Å². The number of aliphatic hydroxyl groups is 1. The molecule has 0 spiro atoms. The van der Waals surface area contributed by atoms with Crippen LogP contribution in [0.4, 0.5) is 0 Å². The Labute approximate surface area is 97.7 Å². The molecule has 0 bridgehead atoms. The molecule has 0 aliphatic heterocycles. The van der Waals surface area contributed by atoms with E-state index in [9.17, 15) is 4.79 Å². The van der Waals surface area contributed by atoms with Crippen LogP contribution in [0.2, 0.25) is 0 Å². The third kappa shape index (κ3) is 5.28. The molecular weight excluding hydrogens is 206 g/mol. The predicted octanol–water partition coefficient (Wildman–Crippen LogP) is 1.10. The van der Waals surface area contributed by atoms with Crippen LogP contribution in [0, 0.1) is 5.92 Å². The van der Waals surface area contributed by atoms with Crippen molar-refractivity contribution < 1.29 is 14.6 Å². The Kier molecular flexibility index (Phi) is 7.85. The summed E-state index contributed by atoms with van der Waals surface area (Å²) >= 11 is 0. The molecule has 0 aromatic carbocycles. The molecule has 4 nitrogen and oxygen atoms in total. The van der Waals surface area contributed by atoms with E-state index in [1.807, 2.05) is 26.8 Å². The zero-order valence-electron chi connectivity index (χ0n) is 10.6. The molecule has 0 saturated heterocycles. The minimum atomic E-state index is -0.283. The Balaban J connectivity index is 4.18. The molecule has 0 radical (unpaired) electrons. The van der Waals surface area contributed by atoms with Crippen LogP contribution >= 0.6 is 0 Å². The van der Waals surface area contributed by atoms with E-state index in [0.717, 1.165) is 0 Å². The lowest BCUT2D eigenvalue weighted by Gasteiger charge is -2.19. The number of esters is 1. The van der Waals surface area contributed by atoms with Gasteiger partial charge in [0.2, 0.25) is 0 Å². The second-order valence-corrected chi connectivity index (χ2v) is 4.02. The molecule has 0 aliphatic carbocycles. The van der Waals surface area contributed by atoms with Crippen molar-refractivity contribution in [1.82, 2.24) is 5.32 Å². The summed E-state index contributed by atoms with van der Waals surface area (Å²) < 4.78 is 4.65. The Morgan fingerprint density at radius 1 is 1.50 bits per heavy atom. The maximum Gasteiger partial charge on any atom is 0.333 e. The zero-order valence-corrected chi connectivity index (χ0v) is 10.6. The number of ether oxygens (including phenoxy) is 1. The maximum absolute atomic E-state index is 11.3. The average Bonchev–Trinajstić information content (AvgIpc) is 2.28. The summed E-state index contributed by atoms with van der Waals surface area (Å²) in [5, 5.41) is 12.3. The Morgan fingerprint density at radius 3 is 2.50 bits per heavy atom. The SMILES string of the molecule is CCC(=CCNC(CO)C(C)C)C(=O)OC. The first kappa shape index (κ1) is 15.1. The number of methoxy groups -OCH3 is 1. The maximum atomic E-state index is 11.3. The van der Waals surface area contributed by atoms with Crippen molar-refractivity contribution in [2.75, 3.05) is 20.3 Å². The third-order valence-electron chi connectivity index (χ3n) is 2.56. The van der Waals surface area contributed by atoms with Crippen LogP contribution < -0.4 is 5.32 Å². The van der Waals surface area contributed by atoms with Gasteiger partial charge in [-0.2, -0.15) is 0 Å². The first-order valence-electron chi connectivity index (χ1n) is 5.68. The van der Waals surface area contributed by atoms with Crippen LogP contribution in [0.25, 0.3) is 0 Å². The van der Waals surface area contributed by atoms with Crippen molar-refractivity contribution >= 4 is 5.97 Å². The Bertz CT molecular complexity index is 236. The predicted molar refractivity (Wildman–Crippen MR) is 64.1 cm³/mol. The van der Waals surface area contributed by atoms with E-state index < -0.39 is 0 Å². The Hall–Kier alpha value is -0.870. The largest absolute Gasteiger partial charge is 0.466 e. The summed E-state index contributed by atoms with van der Waals surface area (Å²) in [6.45, 7) is 6.67. The van der Waals surface area contributed by atoms with Gasteiger partial charge in [0.15, 0.2) is 0 Å². The minimum absolute atomic E-state index is 0.0620. The zero-order chi connectivity index (χ0) is 12.6. The number of hydrogen-bond acceptors (Lipinski definition) is 4. The molecule has 1 atom stereocenters. The van der Waals surface area contributed by atoms with Crippen molar-refractivity contribution in [2.45, 2.75) is 33.2 Å². The molecule has 0 heterocycles. The lowest BCUT2D eigenvalue weighted by molar-refractivity contribution is -0.136. The fourth-order valence-electron chi connectivity index (χ4n) is 1.35. The minimum Gasteiger partial charge on any atom is -0.466 e. The van der Waals surface area contributed by atoms with Crippen LogP contribution in [0.3, 0.4) is 0 Å². The van der Waals surface area contributed by atoms with Gasteiger partial charge in [0.1, 0.15) is 0 Å². The molecule has 0 rings (SSSR count). The number of hydrogen-bond donors (Lipinski definition) is 2. The van der Waals surface area contributed by atoms with Crippen LogP contribution in [0.15, 0.2) is 11.6 Å². The molecule has 0 aromatic rings. The van der Waals surface area contributed by atoms with Crippen molar-refractivity contribution in [3.8, 4) is 0 Å². The summed E-state index contributed by atoms with van der Waals surface area (Å²) in [6, 6.07) is 0.0620. The van der Waals surface area contributed by atoms with Crippen molar-refractivity contribution in [3.05, 3.63) is 11.6 Å². The Morgan fingerprint density at radius 2 is 2.12 bits per heavy atom. The summed E-state index contributed by atoms with van der Waals surface area (Å²) in [4.78, 5) is 11.3. The highest BCUT2D eigenvalue weighted by Crippen LogP contribution is 2.03. The van der Waals surface area contributed by atoms with Crippen molar-refractivity contribution in [3.63, 3.8) is 0 Å². The third-order valence-corrected chi connectivity index (χ3v) is 2.56. The molecule has 0 amide bonds. The summed E-state index contributed by atoms with van der Waals surface area (Å²) in [5.41, 5.74) is 0.662. The number of carbonyl (C=O) groups is 1.